The summed E-state index contributed by atoms with van der Waals surface area (Å²) in [6, 6.07) is 0.607. The Morgan fingerprint density at radius 1 is 0.615 bits per heavy atom. The van der Waals surface area contributed by atoms with Gasteiger partial charge in [0.05, 0.1) is 40.2 Å². The summed E-state index contributed by atoms with van der Waals surface area (Å²) in [6.07, 6.45) is 3.86. The molecular weight excluding hydrogens is 1050 g/mol. The average molecular weight is 1120 g/mol. The van der Waals surface area contributed by atoms with Crippen molar-refractivity contribution in [3.05, 3.63) is 72.3 Å². The number of hydrogen-bond acceptors (Lipinski definition) is 18. The molecule has 2 aromatic carbocycles. The molecule has 418 valence electrons. The lowest BCUT2D eigenvalue weighted by atomic mass is 10.0. The van der Waals surface area contributed by atoms with Gasteiger partial charge in [-0.15, -0.1) is 11.8 Å². The molecule has 10 atom stereocenters. The van der Waals surface area contributed by atoms with Gasteiger partial charge in [-0.3, -0.25) is 52.5 Å². The Morgan fingerprint density at radius 2 is 1.01 bits per heavy atom. The van der Waals surface area contributed by atoms with Crippen molar-refractivity contribution in [2.75, 3.05) is 53.4 Å². The summed E-state index contributed by atoms with van der Waals surface area (Å²) in [7, 11) is 2.54. The van der Waals surface area contributed by atoms with E-state index < -0.39 is 154 Å². The first kappa shape index (κ1) is 59.6. The van der Waals surface area contributed by atoms with Crippen LogP contribution in [0.2, 0.25) is 0 Å². The monoisotopic (exact) mass is 1120 g/mol. The second kappa shape index (κ2) is 25.6. The predicted octanol–water partition coefficient (Wildman–Crippen LogP) is -0.349. The lowest BCUT2D eigenvalue weighted by Gasteiger charge is -2.39. The average Bonchev–Trinajstić information content (AvgIpc) is 3.42. The molecule has 2 saturated heterocycles. The van der Waals surface area contributed by atoms with Gasteiger partial charge in [0.2, 0.25) is 35.4 Å². The van der Waals surface area contributed by atoms with Crippen LogP contribution in [0.3, 0.4) is 0 Å². The van der Waals surface area contributed by atoms with Gasteiger partial charge in [0.25, 0.3) is 11.8 Å². The molecule has 2 aliphatic rings. The number of rotatable bonds is 7. The number of carbonyl (C=O) groups is 10. The minimum absolute atomic E-state index is 0.209. The van der Waals surface area contributed by atoms with E-state index in [-0.39, 0.29) is 11.4 Å². The van der Waals surface area contributed by atoms with E-state index in [0.29, 0.717) is 22.1 Å². The number of cyclic esters (lactones) is 2. The maximum Gasteiger partial charge on any atom is 0.329 e. The molecule has 27 heteroatoms. The van der Waals surface area contributed by atoms with Crippen LogP contribution in [0.4, 0.5) is 0 Å². The molecular formula is C51H64N12O13S2. The first-order valence-electron chi connectivity index (χ1n) is 24.8. The highest BCUT2D eigenvalue weighted by Gasteiger charge is 2.47. The molecule has 0 radical (unpaired) electrons. The Morgan fingerprint density at radius 3 is 1.42 bits per heavy atom. The highest BCUT2D eigenvalue weighted by Crippen LogP contribution is 2.27. The molecule has 25 nitrogen and oxygen atoms in total. The molecule has 0 spiro atoms. The highest BCUT2D eigenvalue weighted by molar-refractivity contribution is 8.11. The zero-order chi connectivity index (χ0) is 57.4. The number of fused-ring (bicyclic) bond motifs is 6. The second-order valence-corrected chi connectivity index (χ2v) is 22.4. The van der Waals surface area contributed by atoms with E-state index >= 15 is 13.8 Å². The molecule has 4 aromatic rings. The van der Waals surface area contributed by atoms with Gasteiger partial charge in [-0.25, -0.2) is 19.6 Å². The van der Waals surface area contributed by atoms with Crippen molar-refractivity contribution >= 4 is 104 Å². The number of amides is 8. The summed E-state index contributed by atoms with van der Waals surface area (Å²) in [6.45, 7) is 7.26. The molecule has 2 aliphatic heterocycles. The number of nitrogens with zero attached hydrogens (tertiary/aromatic N) is 8. The van der Waals surface area contributed by atoms with Gasteiger partial charge in [-0.05, 0) is 56.2 Å². The van der Waals surface area contributed by atoms with E-state index in [9.17, 15) is 38.4 Å². The SMILES string of the molecule is CSC1[C@H]2C(=O)N(C)[C@@H](C(C)C)C(=O)OC[C@@H](NC(=O)c3cnc4ccccc4n3)C(=O)N[C@@H](C)C(=O)N(C)[C@@H](CS1=O)C(=O)N(C)[C@@H](C(C)C)C(=O)OC[C@@H](NC(=O)c1cnc3ccccc3n1)C(=O)N[C@@H](C)C(=O)N2C. The van der Waals surface area contributed by atoms with Gasteiger partial charge < -0.3 is 50.3 Å². The van der Waals surface area contributed by atoms with Gasteiger partial charge in [0, 0.05) is 39.0 Å². The van der Waals surface area contributed by atoms with Crippen LogP contribution in [0.25, 0.3) is 22.1 Å². The summed E-state index contributed by atoms with van der Waals surface area (Å²) < 4.78 is 25.1. The number of nitrogens with one attached hydrogen (secondary N) is 4. The molecule has 8 amide bonds. The van der Waals surface area contributed by atoms with Gasteiger partial charge in [0.15, 0.2) is 0 Å². The molecule has 2 fully saturated rings. The fourth-order valence-electron chi connectivity index (χ4n) is 9.03. The van der Waals surface area contributed by atoms with Crippen molar-refractivity contribution in [2.45, 2.75) is 94.5 Å². The fraction of sp³-hybridized carbons (Fsp3) is 0.490. The normalized spacial score (nSPS) is 26.2. The zero-order valence-corrected chi connectivity index (χ0v) is 46.6. The Bertz CT molecular complexity index is 3020. The molecule has 2 aromatic heterocycles. The Hall–Kier alpha value is -7.68. The topological polar surface area (TPSA) is 319 Å². The lowest BCUT2D eigenvalue weighted by molar-refractivity contribution is -0.160. The third-order valence-electron chi connectivity index (χ3n) is 13.3. The number of benzene rings is 2. The van der Waals surface area contributed by atoms with E-state index in [1.807, 2.05) is 0 Å². The summed E-state index contributed by atoms with van der Waals surface area (Å²) in [5.41, 5.74) is 1.25. The molecule has 4 heterocycles. The number of carbonyl (C=O) groups excluding carboxylic acids is 10. The van der Waals surface area contributed by atoms with Crippen molar-refractivity contribution in [3.8, 4) is 0 Å². The van der Waals surface area contributed by atoms with Crippen molar-refractivity contribution in [1.29, 1.82) is 0 Å². The standard InChI is InChI=1S/C51H64N12O13S2/c1-25(2)38-49(72)75-22-36(59-42(65)34-21-53-30-17-13-15-19-32(30)57-34)44(67)55-28(6)46(69)63(10)40-48(71)62(9)39(26(3)4)50(73)76-23-35(58-41(64)33-20-52-29-16-12-14-18-31(29)56-33)43(66)54-27(5)45(68)60(7)37(47(70)61(38)8)24-78(74)51(40)77-11/h12-21,25-28,35-40,51H,22-24H2,1-11H3,(H,54,66)(H,55,67)(H,58,64)(H,59,65)/t27-,28-,35+,36+,37-,38-,39-,40+,51?,78?/m0/s1. The van der Waals surface area contributed by atoms with E-state index in [1.54, 1.807) is 76.2 Å². The van der Waals surface area contributed by atoms with Crippen molar-refractivity contribution in [2.24, 2.45) is 11.8 Å². The van der Waals surface area contributed by atoms with Gasteiger partial charge in [0.1, 0.15) is 77.5 Å². The predicted molar refractivity (Wildman–Crippen MR) is 285 cm³/mol. The summed E-state index contributed by atoms with van der Waals surface area (Å²) in [5.74, 6) is -11.9. The highest BCUT2D eigenvalue weighted by atomic mass is 32.2. The minimum Gasteiger partial charge on any atom is -0.461 e. The van der Waals surface area contributed by atoms with Crippen LogP contribution in [-0.4, -0.2) is 209 Å². The molecule has 4 N–H and O–H groups in total. The van der Waals surface area contributed by atoms with E-state index in [2.05, 4.69) is 41.2 Å². The molecule has 2 unspecified atom stereocenters. The number of para-hydroxylation sites is 4. The van der Waals surface area contributed by atoms with Crippen LogP contribution >= 0.6 is 11.8 Å². The number of ether oxygens (including phenoxy) is 2. The summed E-state index contributed by atoms with van der Waals surface area (Å²) in [4.78, 5) is 165. The van der Waals surface area contributed by atoms with Crippen LogP contribution < -0.4 is 21.3 Å². The second-order valence-electron chi connectivity index (χ2n) is 19.5. The summed E-state index contributed by atoms with van der Waals surface area (Å²) >= 11 is 0.873. The molecule has 78 heavy (non-hydrogen) atoms. The molecule has 0 aliphatic carbocycles. The first-order valence-corrected chi connectivity index (χ1v) is 27.5. The van der Waals surface area contributed by atoms with Crippen LogP contribution in [0, 0.1) is 11.8 Å². The van der Waals surface area contributed by atoms with E-state index in [1.165, 1.54) is 60.7 Å². The van der Waals surface area contributed by atoms with E-state index in [0.717, 1.165) is 31.4 Å². The number of likely N-dealkylation sites (N-methyl/N-ethyl adjacent to an activating group) is 4. The fourth-order valence-corrected chi connectivity index (χ4v) is 12.1. The molecule has 2 bridgehead atoms. The van der Waals surface area contributed by atoms with Crippen molar-refractivity contribution < 1.29 is 61.6 Å². The third-order valence-corrected chi connectivity index (χ3v) is 16.7. The quantitative estimate of drug-likeness (QED) is 0.172. The maximum absolute atomic E-state index is 15.3. The number of hydrogen-bond donors (Lipinski definition) is 4. The lowest BCUT2D eigenvalue weighted by Crippen LogP contribution is -2.62. The van der Waals surface area contributed by atoms with Crippen LogP contribution in [-0.2, 0) is 58.6 Å². The van der Waals surface area contributed by atoms with Crippen LogP contribution in [0.15, 0.2) is 60.9 Å². The van der Waals surface area contributed by atoms with Crippen molar-refractivity contribution in [3.63, 3.8) is 0 Å². The smallest absolute Gasteiger partial charge is 0.329 e. The van der Waals surface area contributed by atoms with Gasteiger partial charge in [-0.1, -0.05) is 52.0 Å². The molecule has 6 rings (SSSR count). The zero-order valence-electron chi connectivity index (χ0n) is 44.9. The Kier molecular flexibility index (Phi) is 19.6. The number of esters is 2. The van der Waals surface area contributed by atoms with Crippen LogP contribution in [0.1, 0.15) is 62.5 Å². The molecule has 0 saturated carbocycles. The number of aromatic nitrogens is 4. The van der Waals surface area contributed by atoms with Gasteiger partial charge >= 0.3 is 11.9 Å². The largest absolute Gasteiger partial charge is 0.461 e. The Labute approximate surface area is 456 Å². The maximum atomic E-state index is 15.3. The van der Waals surface area contributed by atoms with Crippen LogP contribution in [0.5, 0.6) is 0 Å². The van der Waals surface area contributed by atoms with Gasteiger partial charge in [-0.2, -0.15) is 0 Å². The number of thioether (sulfide) groups is 1. The minimum atomic E-state index is -2.39. The first-order chi connectivity index (χ1) is 36.9. The van der Waals surface area contributed by atoms with Crippen molar-refractivity contribution in [1.82, 2.24) is 60.8 Å². The third kappa shape index (κ3) is 13.3. The van der Waals surface area contributed by atoms with E-state index in [4.69, 9.17) is 9.47 Å². The summed E-state index contributed by atoms with van der Waals surface area (Å²) in [5, 5.41) is 10.0. The Balaban J connectivity index is 1.45.